The van der Waals surface area contributed by atoms with E-state index in [-0.39, 0.29) is 18.1 Å². The minimum absolute atomic E-state index is 0.0454. The summed E-state index contributed by atoms with van der Waals surface area (Å²) < 4.78 is 11.6. The second kappa shape index (κ2) is 5.45. The minimum atomic E-state index is -0.470. The van der Waals surface area contributed by atoms with Crippen LogP contribution >= 0.6 is 0 Å². The van der Waals surface area contributed by atoms with Crippen LogP contribution in [-0.4, -0.2) is 61.4 Å². The van der Waals surface area contributed by atoms with Crippen LogP contribution in [-0.2, 0) is 14.3 Å². The Morgan fingerprint density at radius 2 is 2.11 bits per heavy atom. The fraction of sp³-hybridized carbons (Fsp3) is 0.643. The topological polar surface area (TPSA) is 50.8 Å². The molecule has 1 aliphatic carbocycles. The van der Waals surface area contributed by atoms with Gasteiger partial charge in [0, 0.05) is 25.7 Å². The highest BCUT2D eigenvalue weighted by Crippen LogP contribution is 2.21. The zero-order valence-electron chi connectivity index (χ0n) is 11.1. The van der Waals surface area contributed by atoms with E-state index >= 15 is 0 Å². The summed E-state index contributed by atoms with van der Waals surface area (Å²) in [4.78, 5) is 14.3. The number of ether oxygens (including phenoxy) is 2. The number of rotatable bonds is 1. The van der Waals surface area contributed by atoms with Crippen LogP contribution in [0, 0.1) is 0 Å². The zero-order valence-corrected chi connectivity index (χ0v) is 11.1. The summed E-state index contributed by atoms with van der Waals surface area (Å²) >= 11 is 0. The van der Waals surface area contributed by atoms with Crippen molar-refractivity contribution in [2.75, 3.05) is 26.2 Å². The van der Waals surface area contributed by atoms with Crippen LogP contribution < -0.4 is 5.32 Å². The Balaban J connectivity index is 1.61. The summed E-state index contributed by atoms with van der Waals surface area (Å²) in [5.74, 6) is 0.0507. The van der Waals surface area contributed by atoms with Crippen LogP contribution in [0.2, 0.25) is 0 Å². The van der Waals surface area contributed by atoms with E-state index in [0.717, 1.165) is 19.6 Å². The number of carbonyl (C=O) groups is 1. The molecule has 0 aromatic heterocycles. The largest absolute Gasteiger partial charge is 0.368 e. The maximum Gasteiger partial charge on any atom is 0.254 e. The lowest BCUT2D eigenvalue weighted by Gasteiger charge is -2.38. The third-order valence-electron chi connectivity index (χ3n) is 3.75. The molecule has 2 heterocycles. The first kappa shape index (κ1) is 12.8. The predicted molar refractivity (Wildman–Crippen MR) is 70.7 cm³/mol. The predicted octanol–water partition coefficient (Wildman–Crippen LogP) is 0.0853. The Labute approximate surface area is 113 Å². The molecule has 0 spiro atoms. The Kier molecular flexibility index (Phi) is 3.68. The lowest BCUT2D eigenvalue weighted by Crippen LogP contribution is -2.57. The van der Waals surface area contributed by atoms with Gasteiger partial charge in [-0.3, -0.25) is 4.79 Å². The van der Waals surface area contributed by atoms with E-state index in [2.05, 4.69) is 12.2 Å². The third-order valence-corrected chi connectivity index (χ3v) is 3.75. The molecule has 0 aromatic carbocycles. The molecule has 0 radical (unpaired) electrons. The van der Waals surface area contributed by atoms with Crippen molar-refractivity contribution in [3.05, 3.63) is 24.3 Å². The van der Waals surface area contributed by atoms with Gasteiger partial charge in [-0.05, 0) is 6.92 Å². The van der Waals surface area contributed by atoms with Crippen molar-refractivity contribution in [2.45, 2.75) is 31.3 Å². The molecule has 2 saturated heterocycles. The number of piperazine rings is 1. The van der Waals surface area contributed by atoms with E-state index in [4.69, 9.17) is 9.47 Å². The number of fused-ring (bicyclic) bond motifs is 1. The number of carbonyl (C=O) groups excluding carboxylic acids is 1. The number of hydrogen-bond donors (Lipinski definition) is 1. The van der Waals surface area contributed by atoms with Crippen molar-refractivity contribution in [3.63, 3.8) is 0 Å². The first-order chi connectivity index (χ1) is 9.24. The molecule has 1 amide bonds. The fourth-order valence-electron chi connectivity index (χ4n) is 2.73. The van der Waals surface area contributed by atoms with Gasteiger partial charge in [0.05, 0.1) is 6.61 Å². The SMILES string of the molecule is CC1CN(C(=O)C2COC3C=CC=CC3O2)CCN1. The number of amides is 1. The summed E-state index contributed by atoms with van der Waals surface area (Å²) in [6, 6.07) is 0.340. The number of nitrogens with one attached hydrogen (secondary N) is 1. The van der Waals surface area contributed by atoms with Crippen molar-refractivity contribution in [1.29, 1.82) is 0 Å². The standard InChI is InChI=1S/C14H20N2O3/c1-10-8-16(7-6-15-10)14(17)13-9-18-11-4-2-3-5-12(11)19-13/h2-5,10-13,15H,6-9H2,1H3. The summed E-state index contributed by atoms with van der Waals surface area (Å²) in [5, 5.41) is 3.33. The first-order valence-corrected chi connectivity index (χ1v) is 6.88. The van der Waals surface area contributed by atoms with Crippen LogP contribution in [0.3, 0.4) is 0 Å². The van der Waals surface area contributed by atoms with E-state index in [9.17, 15) is 4.79 Å². The van der Waals surface area contributed by atoms with Crippen molar-refractivity contribution in [3.8, 4) is 0 Å². The fourth-order valence-corrected chi connectivity index (χ4v) is 2.73. The molecule has 2 aliphatic heterocycles. The van der Waals surface area contributed by atoms with Gasteiger partial charge in [0.25, 0.3) is 5.91 Å². The van der Waals surface area contributed by atoms with Crippen molar-refractivity contribution >= 4 is 5.91 Å². The van der Waals surface area contributed by atoms with Gasteiger partial charge in [-0.15, -0.1) is 0 Å². The highest BCUT2D eigenvalue weighted by molar-refractivity contribution is 5.81. The quantitative estimate of drug-likeness (QED) is 0.729. The second-order valence-electron chi connectivity index (χ2n) is 5.30. The molecule has 1 N–H and O–H groups in total. The van der Waals surface area contributed by atoms with Crippen LogP contribution in [0.4, 0.5) is 0 Å². The van der Waals surface area contributed by atoms with Crippen LogP contribution in [0.25, 0.3) is 0 Å². The van der Waals surface area contributed by atoms with Gasteiger partial charge >= 0.3 is 0 Å². The zero-order chi connectivity index (χ0) is 13.2. The van der Waals surface area contributed by atoms with Crippen molar-refractivity contribution in [1.82, 2.24) is 10.2 Å². The van der Waals surface area contributed by atoms with Gasteiger partial charge in [-0.2, -0.15) is 0 Å². The number of allylic oxidation sites excluding steroid dienone is 2. The van der Waals surface area contributed by atoms with Crippen molar-refractivity contribution in [2.24, 2.45) is 0 Å². The Morgan fingerprint density at radius 1 is 1.32 bits per heavy atom. The van der Waals surface area contributed by atoms with Gasteiger partial charge in [-0.1, -0.05) is 24.3 Å². The van der Waals surface area contributed by atoms with Crippen molar-refractivity contribution < 1.29 is 14.3 Å². The maximum absolute atomic E-state index is 12.4. The Bertz CT molecular complexity index is 407. The van der Waals surface area contributed by atoms with E-state index in [1.54, 1.807) is 0 Å². The second-order valence-corrected chi connectivity index (χ2v) is 5.30. The molecule has 0 bridgehead atoms. The van der Waals surface area contributed by atoms with Crippen LogP contribution in [0.1, 0.15) is 6.92 Å². The summed E-state index contributed by atoms with van der Waals surface area (Å²) in [6.45, 7) is 4.75. The van der Waals surface area contributed by atoms with E-state index in [1.165, 1.54) is 0 Å². The van der Waals surface area contributed by atoms with Gasteiger partial charge in [0.2, 0.25) is 0 Å². The molecule has 3 rings (SSSR count). The lowest BCUT2D eigenvalue weighted by atomic mass is 10.1. The average molecular weight is 264 g/mol. The van der Waals surface area contributed by atoms with E-state index in [0.29, 0.717) is 12.6 Å². The van der Waals surface area contributed by atoms with Gasteiger partial charge in [0.15, 0.2) is 6.10 Å². The molecule has 104 valence electrons. The van der Waals surface area contributed by atoms with E-state index < -0.39 is 6.10 Å². The minimum Gasteiger partial charge on any atom is -0.368 e. The van der Waals surface area contributed by atoms with Gasteiger partial charge in [-0.25, -0.2) is 0 Å². The number of nitrogens with zero attached hydrogens (tertiary/aromatic N) is 1. The molecule has 0 saturated carbocycles. The summed E-state index contributed by atoms with van der Waals surface area (Å²) in [5.41, 5.74) is 0. The maximum atomic E-state index is 12.4. The smallest absolute Gasteiger partial charge is 0.254 e. The Hall–Kier alpha value is -1.17. The monoisotopic (exact) mass is 264 g/mol. The molecular formula is C14H20N2O3. The highest BCUT2D eigenvalue weighted by Gasteiger charge is 2.36. The van der Waals surface area contributed by atoms with Gasteiger partial charge < -0.3 is 19.7 Å². The Morgan fingerprint density at radius 3 is 2.89 bits per heavy atom. The normalized spacial score (nSPS) is 38.1. The van der Waals surface area contributed by atoms with Crippen LogP contribution in [0.15, 0.2) is 24.3 Å². The van der Waals surface area contributed by atoms with Crippen LogP contribution in [0.5, 0.6) is 0 Å². The molecule has 5 nitrogen and oxygen atoms in total. The molecule has 3 aliphatic rings. The third kappa shape index (κ3) is 2.73. The molecule has 19 heavy (non-hydrogen) atoms. The summed E-state index contributed by atoms with van der Waals surface area (Å²) in [7, 11) is 0. The summed E-state index contributed by atoms with van der Waals surface area (Å²) in [6.07, 6.45) is 7.16. The number of hydrogen-bond acceptors (Lipinski definition) is 4. The molecule has 4 unspecified atom stereocenters. The molecule has 0 aromatic rings. The van der Waals surface area contributed by atoms with E-state index in [1.807, 2.05) is 29.2 Å². The molecule has 4 atom stereocenters. The molecule has 5 heteroatoms. The molecule has 2 fully saturated rings. The van der Waals surface area contributed by atoms with Gasteiger partial charge in [0.1, 0.15) is 12.2 Å². The highest BCUT2D eigenvalue weighted by atomic mass is 16.6. The molecular weight excluding hydrogens is 244 g/mol. The first-order valence-electron chi connectivity index (χ1n) is 6.88. The lowest BCUT2D eigenvalue weighted by molar-refractivity contribution is -0.177. The average Bonchev–Trinajstić information content (AvgIpc) is 2.46.